The third kappa shape index (κ3) is 23.2. The Bertz CT molecular complexity index is 2230. The summed E-state index contributed by atoms with van der Waals surface area (Å²) < 4.78 is 0. The van der Waals surface area contributed by atoms with Crippen molar-refractivity contribution in [3.8, 4) is 5.75 Å². The molecule has 2 aliphatic heterocycles. The van der Waals surface area contributed by atoms with Crippen LogP contribution >= 0.6 is 0 Å². The molecule has 2 aliphatic rings. The summed E-state index contributed by atoms with van der Waals surface area (Å²) in [6, 6.07) is -7.35. The van der Waals surface area contributed by atoms with Crippen molar-refractivity contribution in [1.82, 2.24) is 42.1 Å². The molecule has 12 amide bonds. The number of phenolic OH excluding ortho intramolecular Hbond substituents is 1. The highest BCUT2D eigenvalue weighted by molar-refractivity contribution is 6.00. The van der Waals surface area contributed by atoms with E-state index >= 15 is 0 Å². The summed E-state index contributed by atoms with van der Waals surface area (Å²) in [4.78, 5) is 162. The molecule has 2 fully saturated rings. The second-order valence-electron chi connectivity index (χ2n) is 20.0. The molecule has 428 valence electrons. The number of nitrogens with zero attached hydrogens (tertiary/aromatic N) is 1. The first-order valence-corrected chi connectivity index (χ1v) is 26.5. The fourth-order valence-electron chi connectivity index (χ4n) is 9.06. The summed E-state index contributed by atoms with van der Waals surface area (Å²) in [5.74, 6) is -11.9. The smallest absolute Gasteiger partial charge is 0.245 e. The second kappa shape index (κ2) is 32.9. The number of unbranched alkanes of at least 4 members (excludes halogenated alkanes) is 7. The van der Waals surface area contributed by atoms with Gasteiger partial charge in [-0.05, 0) is 49.3 Å². The number of rotatable bonds is 24. The van der Waals surface area contributed by atoms with E-state index in [1.54, 1.807) is 0 Å². The molecule has 77 heavy (non-hydrogen) atoms. The van der Waals surface area contributed by atoms with Crippen LogP contribution in [0.5, 0.6) is 5.75 Å². The molecular weight excluding hydrogens is 1000 g/mol. The molecule has 9 unspecified atom stereocenters. The van der Waals surface area contributed by atoms with Crippen molar-refractivity contribution in [2.24, 2.45) is 28.9 Å². The first kappa shape index (κ1) is 63.9. The molecule has 0 saturated carbocycles. The van der Waals surface area contributed by atoms with Crippen LogP contribution in [0.3, 0.4) is 0 Å². The molecule has 0 aromatic heterocycles. The molecule has 1 aromatic rings. The zero-order chi connectivity index (χ0) is 57.2. The molecule has 0 radical (unpaired) electrons. The quantitative estimate of drug-likeness (QED) is 0.0479. The number of fused-ring (bicyclic) bond motifs is 1. The van der Waals surface area contributed by atoms with E-state index in [-0.39, 0.29) is 38.0 Å². The molecule has 0 aliphatic carbocycles. The number of aromatic hydroxyl groups is 1. The van der Waals surface area contributed by atoms with Gasteiger partial charge in [0.05, 0.1) is 25.9 Å². The lowest BCUT2D eigenvalue weighted by atomic mass is 9.99. The Hall–Kier alpha value is -7.38. The molecule has 3 rings (SSSR count). The van der Waals surface area contributed by atoms with E-state index in [0.29, 0.717) is 24.3 Å². The third-order valence-corrected chi connectivity index (χ3v) is 13.6. The van der Waals surface area contributed by atoms with Crippen molar-refractivity contribution < 1.29 is 67.7 Å². The van der Waals surface area contributed by atoms with E-state index in [1.807, 2.05) is 0 Å². The Morgan fingerprint density at radius 3 is 1.58 bits per heavy atom. The molecule has 0 spiro atoms. The normalized spacial score (nSPS) is 24.0. The van der Waals surface area contributed by atoms with E-state index in [4.69, 9.17) is 22.9 Å². The fourth-order valence-corrected chi connectivity index (χ4v) is 9.06. The Kier molecular flexibility index (Phi) is 27.3. The Morgan fingerprint density at radius 2 is 1.05 bits per heavy atom. The van der Waals surface area contributed by atoms with E-state index in [0.717, 1.165) is 49.8 Å². The van der Waals surface area contributed by atoms with Crippen LogP contribution in [0, 0.1) is 5.92 Å². The average Bonchev–Trinajstić information content (AvgIpc) is 3.86. The predicted molar refractivity (Wildman–Crippen MR) is 277 cm³/mol. The van der Waals surface area contributed by atoms with Gasteiger partial charge in [-0.1, -0.05) is 90.2 Å². The maximum atomic E-state index is 14.3. The van der Waals surface area contributed by atoms with Gasteiger partial charge in [0.1, 0.15) is 48.0 Å². The summed E-state index contributed by atoms with van der Waals surface area (Å²) in [7, 11) is 0. The maximum absolute atomic E-state index is 14.3. The molecule has 26 nitrogen and oxygen atoms in total. The van der Waals surface area contributed by atoms with Crippen LogP contribution in [0.1, 0.15) is 141 Å². The number of aliphatic hydroxyl groups excluding tert-OH is 1. The number of nitrogens with one attached hydrogen (secondary N) is 7. The lowest BCUT2D eigenvalue weighted by Crippen LogP contribution is -2.60. The zero-order valence-corrected chi connectivity index (χ0v) is 44.1. The zero-order valence-electron chi connectivity index (χ0n) is 44.1. The van der Waals surface area contributed by atoms with Gasteiger partial charge in [-0.15, -0.1) is 0 Å². The van der Waals surface area contributed by atoms with Crippen LogP contribution in [-0.2, 0) is 64.0 Å². The minimum Gasteiger partial charge on any atom is -0.508 e. The van der Waals surface area contributed by atoms with Crippen molar-refractivity contribution in [3.63, 3.8) is 0 Å². The number of hydrogen-bond donors (Lipinski definition) is 13. The number of nitrogens with two attached hydrogens (primary N) is 4. The minimum atomic E-state index is -1.86. The first-order chi connectivity index (χ1) is 36.5. The topological polar surface area (TPSA) is 437 Å². The van der Waals surface area contributed by atoms with Crippen LogP contribution in [0.15, 0.2) is 24.3 Å². The fraction of sp³-hybridized carbons (Fsp3) is 0.647. The van der Waals surface area contributed by atoms with Crippen LogP contribution < -0.4 is 60.2 Å². The van der Waals surface area contributed by atoms with Gasteiger partial charge < -0.3 is 75.3 Å². The van der Waals surface area contributed by atoms with Crippen molar-refractivity contribution in [2.75, 3.05) is 13.2 Å². The van der Waals surface area contributed by atoms with Crippen LogP contribution in [0.4, 0.5) is 0 Å². The standard InChI is InChI=1S/C51H80N12O14/c1-3-29(2)13-10-8-6-4-5-7-9-11-14-31-24-44(70)57-35(25-41(53)67)46(72)59-34(23-30-16-18-32(65)19-17-30)45(71)60-36(26-42(54)68)47(73)58-33(20-21-40(52)66)51(77)63-22-12-15-39(63)50(76)61-37(27-43(55)69)48(74)62-38(28-64)49(75)56-31/h16-19,29,31,33-39,64-65H,3-15,20-28H2,1-2H3,(H2,52,66)(H2,53,67)(H2,54,68)(H2,55,69)(H,56,75)(H,57,70)(H,58,73)(H,59,72)(H,60,71)(H,61,76)(H,62,74). The predicted octanol–water partition coefficient (Wildman–Crippen LogP) is -2.45. The number of carbonyl (C=O) groups is 12. The van der Waals surface area contributed by atoms with Gasteiger partial charge >= 0.3 is 0 Å². The minimum absolute atomic E-state index is 0.00290. The molecular formula is C51H80N12O14. The molecule has 2 saturated heterocycles. The summed E-state index contributed by atoms with van der Waals surface area (Å²) in [5, 5.41) is 37.3. The lowest BCUT2D eigenvalue weighted by molar-refractivity contribution is -0.143. The summed E-state index contributed by atoms with van der Waals surface area (Å²) in [6.45, 7) is 3.32. The molecule has 17 N–H and O–H groups in total. The lowest BCUT2D eigenvalue weighted by Gasteiger charge is -2.31. The van der Waals surface area contributed by atoms with Gasteiger partial charge in [0.2, 0.25) is 70.9 Å². The summed E-state index contributed by atoms with van der Waals surface area (Å²) in [6.07, 6.45) is 5.82. The third-order valence-electron chi connectivity index (χ3n) is 13.6. The summed E-state index contributed by atoms with van der Waals surface area (Å²) in [5.41, 5.74) is 22.2. The van der Waals surface area contributed by atoms with E-state index < -0.39 is 164 Å². The van der Waals surface area contributed by atoms with Crippen LogP contribution in [0.2, 0.25) is 0 Å². The van der Waals surface area contributed by atoms with Crippen molar-refractivity contribution in [1.29, 1.82) is 0 Å². The van der Waals surface area contributed by atoms with E-state index in [1.165, 1.54) is 30.7 Å². The number of benzene rings is 1. The SMILES string of the molecule is CCC(C)CCCCCCCCCCC1CC(=O)NC(CC(N)=O)C(=O)NC(Cc2ccc(O)cc2)C(=O)NC(CC(N)=O)C(=O)NC(CCC(N)=O)C(=O)N2CCCC2C(=O)NC(CC(N)=O)C(=O)NC(CO)C(=O)N1. The van der Waals surface area contributed by atoms with Gasteiger partial charge in [-0.25, -0.2) is 0 Å². The molecule has 26 heteroatoms. The van der Waals surface area contributed by atoms with Gasteiger partial charge in [0.25, 0.3) is 0 Å². The monoisotopic (exact) mass is 1080 g/mol. The van der Waals surface area contributed by atoms with Crippen molar-refractivity contribution in [2.45, 2.75) is 191 Å². The Morgan fingerprint density at radius 1 is 0.584 bits per heavy atom. The highest BCUT2D eigenvalue weighted by Crippen LogP contribution is 2.21. The van der Waals surface area contributed by atoms with E-state index in [9.17, 15) is 67.7 Å². The first-order valence-electron chi connectivity index (χ1n) is 26.5. The maximum Gasteiger partial charge on any atom is 0.245 e. The second-order valence-corrected chi connectivity index (χ2v) is 20.0. The number of aliphatic hydroxyl groups is 1. The highest BCUT2D eigenvalue weighted by Gasteiger charge is 2.41. The van der Waals surface area contributed by atoms with Gasteiger partial charge in [-0.3, -0.25) is 57.5 Å². The molecule has 1 aromatic carbocycles. The Balaban J connectivity index is 2.09. The Labute approximate surface area is 447 Å². The van der Waals surface area contributed by atoms with Crippen molar-refractivity contribution >= 4 is 70.9 Å². The number of primary amides is 4. The molecule has 0 bridgehead atoms. The van der Waals surface area contributed by atoms with E-state index in [2.05, 4.69) is 51.1 Å². The van der Waals surface area contributed by atoms with Gasteiger partial charge in [-0.2, -0.15) is 0 Å². The van der Waals surface area contributed by atoms with Crippen LogP contribution in [0.25, 0.3) is 0 Å². The highest BCUT2D eigenvalue weighted by atomic mass is 16.3. The molecule has 9 atom stereocenters. The number of carbonyl (C=O) groups excluding carboxylic acids is 12. The largest absolute Gasteiger partial charge is 0.508 e. The van der Waals surface area contributed by atoms with Gasteiger partial charge in [0, 0.05) is 31.8 Å². The van der Waals surface area contributed by atoms with Crippen molar-refractivity contribution in [3.05, 3.63) is 29.8 Å². The molecule has 2 heterocycles. The average molecular weight is 1090 g/mol. The van der Waals surface area contributed by atoms with Crippen LogP contribution in [-0.4, -0.2) is 147 Å². The number of amides is 12. The number of phenols is 1. The summed E-state index contributed by atoms with van der Waals surface area (Å²) >= 11 is 0. The number of hydrogen-bond acceptors (Lipinski definition) is 14. The van der Waals surface area contributed by atoms with Gasteiger partial charge in [0.15, 0.2) is 0 Å².